The van der Waals surface area contributed by atoms with E-state index in [0.717, 1.165) is 102 Å². The molecule has 0 bridgehead atoms. The van der Waals surface area contributed by atoms with Gasteiger partial charge in [0.15, 0.2) is 12.2 Å². The van der Waals surface area contributed by atoms with Crippen LogP contribution in [0.2, 0.25) is 0 Å². The second-order valence-corrected chi connectivity index (χ2v) is 29.0. The van der Waals surface area contributed by atoms with Crippen LogP contribution in [-0.4, -0.2) is 96.7 Å². The Bertz CT molecular complexity index is 1740. The van der Waals surface area contributed by atoms with Gasteiger partial charge < -0.3 is 33.8 Å². The van der Waals surface area contributed by atoms with E-state index in [0.29, 0.717) is 25.7 Å². The van der Waals surface area contributed by atoms with E-state index in [2.05, 4.69) is 34.6 Å². The summed E-state index contributed by atoms with van der Waals surface area (Å²) in [5, 5.41) is 10.6. The maximum atomic E-state index is 13.0. The van der Waals surface area contributed by atoms with Gasteiger partial charge in [-0.2, -0.15) is 0 Å². The fraction of sp³-hybridized carbons (Fsp3) is 0.944. The van der Waals surface area contributed by atoms with E-state index in [9.17, 15) is 43.2 Å². The minimum absolute atomic E-state index is 0.105. The molecular weight excluding hydrogens is 1190 g/mol. The monoisotopic (exact) mass is 1320 g/mol. The van der Waals surface area contributed by atoms with Crippen molar-refractivity contribution in [2.75, 3.05) is 39.6 Å². The molecule has 534 valence electrons. The molecule has 0 radical (unpaired) electrons. The molecule has 0 fully saturated rings. The summed E-state index contributed by atoms with van der Waals surface area (Å²) in [5.41, 5.74) is 0. The third-order valence-electron chi connectivity index (χ3n) is 16.5. The van der Waals surface area contributed by atoms with Crippen molar-refractivity contribution >= 4 is 39.5 Å². The van der Waals surface area contributed by atoms with Crippen molar-refractivity contribution in [3.8, 4) is 0 Å². The minimum atomic E-state index is -4.95. The molecule has 19 heteroatoms. The standard InChI is InChI=1S/C71H138O17P2/c1-6-9-12-15-17-19-21-23-25-26-27-28-29-31-33-37-41-46-51-56-70(75)88-67(61-82-69(74)55-50-45-40-36-32-30-24-22-20-18-16-13-10-7-2)63-86-90(79,80)84-59-65(72)58-83-89(77,78)85-62-66(60-81-68(73)54-49-43-14-11-8-3)87-71(76)57-52-47-42-38-34-35-39-44-48-53-64(4)5/h64-67,72H,6-63H2,1-5H3,(H,77,78)(H,79,80)/t65-,66+,67+/m0/s1. The molecule has 0 saturated heterocycles. The van der Waals surface area contributed by atoms with Crippen LogP contribution in [-0.2, 0) is 65.4 Å². The molecule has 17 nitrogen and oxygen atoms in total. The first kappa shape index (κ1) is 88.1. The lowest BCUT2D eigenvalue weighted by atomic mass is 10.0. The Labute approximate surface area is 549 Å². The Morgan fingerprint density at radius 3 is 0.756 bits per heavy atom. The number of carbonyl (C=O) groups is 4. The van der Waals surface area contributed by atoms with Gasteiger partial charge in [-0.1, -0.05) is 317 Å². The highest BCUT2D eigenvalue weighted by Crippen LogP contribution is 2.45. The molecule has 0 rings (SSSR count). The lowest BCUT2D eigenvalue weighted by Crippen LogP contribution is -2.30. The summed E-state index contributed by atoms with van der Waals surface area (Å²) in [5.74, 6) is -1.40. The molecule has 0 amide bonds. The molecule has 3 N–H and O–H groups in total. The zero-order chi connectivity index (χ0) is 66.3. The van der Waals surface area contributed by atoms with Gasteiger partial charge in [-0.25, -0.2) is 9.13 Å². The molecule has 0 aromatic carbocycles. The number of phosphoric acid groups is 2. The van der Waals surface area contributed by atoms with Crippen LogP contribution in [0.4, 0.5) is 0 Å². The van der Waals surface area contributed by atoms with Gasteiger partial charge in [0.25, 0.3) is 0 Å². The fourth-order valence-electron chi connectivity index (χ4n) is 10.8. The first-order valence-electron chi connectivity index (χ1n) is 37.1. The van der Waals surface area contributed by atoms with Gasteiger partial charge in [-0.15, -0.1) is 0 Å². The Kier molecular flexibility index (Phi) is 63.0. The van der Waals surface area contributed by atoms with Crippen molar-refractivity contribution in [3.63, 3.8) is 0 Å². The van der Waals surface area contributed by atoms with E-state index in [4.69, 9.17) is 37.0 Å². The van der Waals surface area contributed by atoms with Crippen LogP contribution < -0.4 is 0 Å². The van der Waals surface area contributed by atoms with Crippen molar-refractivity contribution in [1.29, 1.82) is 0 Å². The number of hydrogen-bond donors (Lipinski definition) is 3. The van der Waals surface area contributed by atoms with Crippen molar-refractivity contribution in [2.24, 2.45) is 5.92 Å². The Balaban J connectivity index is 5.14. The Morgan fingerprint density at radius 2 is 0.511 bits per heavy atom. The van der Waals surface area contributed by atoms with Crippen LogP contribution in [0.5, 0.6) is 0 Å². The normalized spacial score (nSPS) is 14.1. The molecular formula is C71H138O17P2. The van der Waals surface area contributed by atoms with Crippen LogP contribution >= 0.6 is 15.6 Å². The van der Waals surface area contributed by atoms with E-state index in [1.54, 1.807) is 0 Å². The number of carbonyl (C=O) groups excluding carboxylic acids is 4. The van der Waals surface area contributed by atoms with Crippen LogP contribution in [0.25, 0.3) is 0 Å². The van der Waals surface area contributed by atoms with E-state index in [-0.39, 0.29) is 25.7 Å². The summed E-state index contributed by atoms with van der Waals surface area (Å²) in [7, 11) is -9.89. The lowest BCUT2D eigenvalue weighted by molar-refractivity contribution is -0.161. The van der Waals surface area contributed by atoms with Crippen molar-refractivity contribution in [3.05, 3.63) is 0 Å². The number of aliphatic hydroxyl groups excluding tert-OH is 1. The second kappa shape index (κ2) is 64.4. The van der Waals surface area contributed by atoms with E-state index in [1.807, 2.05) is 0 Å². The second-order valence-electron chi connectivity index (χ2n) is 26.1. The van der Waals surface area contributed by atoms with Gasteiger partial charge in [-0.05, 0) is 31.6 Å². The number of rotatable bonds is 71. The molecule has 0 saturated carbocycles. The maximum Gasteiger partial charge on any atom is 0.472 e. The predicted molar refractivity (Wildman–Crippen MR) is 363 cm³/mol. The van der Waals surface area contributed by atoms with Gasteiger partial charge in [0, 0.05) is 25.7 Å². The molecule has 0 heterocycles. The molecule has 0 aliphatic carbocycles. The Hall–Kier alpha value is -1.94. The molecule has 5 atom stereocenters. The molecule has 2 unspecified atom stereocenters. The summed E-state index contributed by atoms with van der Waals surface area (Å²) in [4.78, 5) is 72.3. The highest BCUT2D eigenvalue weighted by atomic mass is 31.2. The maximum absolute atomic E-state index is 13.0. The number of aliphatic hydroxyl groups is 1. The van der Waals surface area contributed by atoms with Gasteiger partial charge >= 0.3 is 39.5 Å². The molecule has 90 heavy (non-hydrogen) atoms. The summed E-state index contributed by atoms with van der Waals surface area (Å²) in [6.07, 6.45) is 51.8. The van der Waals surface area contributed by atoms with Crippen molar-refractivity contribution < 1.29 is 80.2 Å². The number of esters is 4. The largest absolute Gasteiger partial charge is 0.472 e. The Morgan fingerprint density at radius 1 is 0.300 bits per heavy atom. The van der Waals surface area contributed by atoms with E-state index < -0.39 is 97.5 Å². The van der Waals surface area contributed by atoms with Gasteiger partial charge in [0.05, 0.1) is 26.4 Å². The molecule has 0 spiro atoms. The van der Waals surface area contributed by atoms with Crippen LogP contribution in [0, 0.1) is 5.92 Å². The van der Waals surface area contributed by atoms with Crippen molar-refractivity contribution in [1.82, 2.24) is 0 Å². The minimum Gasteiger partial charge on any atom is -0.462 e. The van der Waals surface area contributed by atoms with E-state index in [1.165, 1.54) is 186 Å². The molecule has 0 aromatic rings. The van der Waals surface area contributed by atoms with E-state index >= 15 is 0 Å². The highest BCUT2D eigenvalue weighted by molar-refractivity contribution is 7.47. The van der Waals surface area contributed by atoms with Gasteiger partial charge in [0.2, 0.25) is 0 Å². The predicted octanol–water partition coefficient (Wildman–Crippen LogP) is 20.5. The highest BCUT2D eigenvalue weighted by Gasteiger charge is 2.30. The number of hydrogen-bond acceptors (Lipinski definition) is 15. The summed E-state index contributed by atoms with van der Waals surface area (Å²) in [6.45, 7) is 7.14. The summed E-state index contributed by atoms with van der Waals surface area (Å²) < 4.78 is 68.1. The topological polar surface area (TPSA) is 237 Å². The summed E-state index contributed by atoms with van der Waals surface area (Å²) in [6, 6.07) is 0. The SMILES string of the molecule is CCCCCCCCCCCCCCCCCCCCCC(=O)O[C@H](COC(=O)CCCCCCCCCCCCCCCC)COP(=O)(O)OC[C@@H](O)COP(=O)(O)OC[C@@H](COC(=O)CCCCCCC)OC(=O)CCCCCCCCCCCC(C)C. The number of phosphoric ester groups is 2. The molecule has 0 aliphatic rings. The smallest absolute Gasteiger partial charge is 0.462 e. The average Bonchev–Trinajstić information content (AvgIpc) is 3.66. The molecule has 0 aliphatic heterocycles. The zero-order valence-electron chi connectivity index (χ0n) is 58.3. The third-order valence-corrected chi connectivity index (χ3v) is 18.4. The quantitative estimate of drug-likeness (QED) is 0.0222. The third kappa shape index (κ3) is 64.8. The molecule has 0 aromatic heterocycles. The number of ether oxygens (including phenoxy) is 4. The first-order chi connectivity index (χ1) is 43.5. The summed E-state index contributed by atoms with van der Waals surface area (Å²) >= 11 is 0. The average molecular weight is 1330 g/mol. The van der Waals surface area contributed by atoms with Crippen LogP contribution in [0.1, 0.15) is 369 Å². The fourth-order valence-corrected chi connectivity index (χ4v) is 12.4. The van der Waals surface area contributed by atoms with Gasteiger partial charge in [-0.3, -0.25) is 37.3 Å². The van der Waals surface area contributed by atoms with Crippen molar-refractivity contribution in [2.45, 2.75) is 387 Å². The first-order valence-corrected chi connectivity index (χ1v) is 40.1. The zero-order valence-corrected chi connectivity index (χ0v) is 60.1. The van der Waals surface area contributed by atoms with Crippen LogP contribution in [0.15, 0.2) is 0 Å². The lowest BCUT2D eigenvalue weighted by Gasteiger charge is -2.21. The van der Waals surface area contributed by atoms with Gasteiger partial charge in [0.1, 0.15) is 19.3 Å². The van der Waals surface area contributed by atoms with Crippen LogP contribution in [0.3, 0.4) is 0 Å². The number of unbranched alkanes of at least 4 members (excludes halogenated alkanes) is 43.